The zero-order valence-corrected chi connectivity index (χ0v) is 16.4. The fraction of sp³-hybridized carbons (Fsp3) is 0.529. The third-order valence-corrected chi connectivity index (χ3v) is 7.14. The molecule has 1 atom stereocenters. The highest BCUT2D eigenvalue weighted by Gasteiger charge is 2.50. The molecule has 2 aromatic rings. The van der Waals surface area contributed by atoms with Gasteiger partial charge in [0.2, 0.25) is 0 Å². The Morgan fingerprint density at radius 3 is 2.07 bits per heavy atom. The average molecular weight is 448 g/mol. The van der Waals surface area contributed by atoms with E-state index in [4.69, 9.17) is 13.0 Å². The summed E-state index contributed by atoms with van der Waals surface area (Å²) in [4.78, 5) is 0.632. The summed E-state index contributed by atoms with van der Waals surface area (Å²) in [6.07, 6.45) is 4.71. The molecule has 1 aliphatic rings. The van der Waals surface area contributed by atoms with Crippen molar-refractivity contribution in [1.29, 1.82) is 0 Å². The minimum absolute atomic E-state index is 0.155. The summed E-state index contributed by atoms with van der Waals surface area (Å²) in [5, 5.41) is 0.785. The van der Waals surface area contributed by atoms with Gasteiger partial charge in [-0.25, -0.2) is 8.42 Å². The van der Waals surface area contributed by atoms with Crippen molar-refractivity contribution in [3.8, 4) is 0 Å². The van der Waals surface area contributed by atoms with E-state index in [0.717, 1.165) is 43.1 Å². The van der Waals surface area contributed by atoms with Crippen LogP contribution in [-0.2, 0) is 22.0 Å². The molecule has 11 heteroatoms. The number of halogens is 6. The van der Waals surface area contributed by atoms with Crippen molar-refractivity contribution in [1.82, 2.24) is 0 Å². The van der Waals surface area contributed by atoms with Crippen molar-refractivity contribution in [3.63, 3.8) is 0 Å². The number of aryl methyl sites for hydroxylation is 1. The second-order valence-corrected chi connectivity index (χ2v) is 9.81. The van der Waals surface area contributed by atoms with Crippen LogP contribution in [0.4, 0.5) is 26.3 Å². The summed E-state index contributed by atoms with van der Waals surface area (Å²) in [7, 11) is -7.78. The van der Waals surface area contributed by atoms with Crippen LogP contribution in [0, 0.1) is 0 Å². The third-order valence-electron chi connectivity index (χ3n) is 4.39. The maximum Gasteiger partial charge on any atom is 0.600 e. The lowest BCUT2D eigenvalue weighted by molar-refractivity contribution is -0.0868. The van der Waals surface area contributed by atoms with Crippen molar-refractivity contribution in [2.24, 2.45) is 0 Å². The summed E-state index contributed by atoms with van der Waals surface area (Å²) >= 11 is 0. The van der Waals surface area contributed by atoms with Gasteiger partial charge < -0.3 is 4.55 Å². The van der Waals surface area contributed by atoms with Gasteiger partial charge in [0.1, 0.15) is 0 Å². The first-order chi connectivity index (χ1) is 12.8. The molecule has 0 radical (unpaired) electrons. The Labute approximate surface area is 161 Å². The summed E-state index contributed by atoms with van der Waals surface area (Å²) < 4.78 is 99.9. The zero-order chi connectivity index (χ0) is 21.3. The van der Waals surface area contributed by atoms with Crippen LogP contribution in [0.2, 0.25) is 0 Å². The molecule has 0 spiro atoms. The topological polar surface area (TPSA) is 57.2 Å². The highest BCUT2D eigenvalue weighted by Crippen LogP contribution is 2.56. The normalized spacial score (nSPS) is 16.5. The van der Waals surface area contributed by atoms with Gasteiger partial charge in [-0.2, -0.15) is 13.2 Å². The third kappa shape index (κ3) is 5.18. The molecule has 0 bridgehead atoms. The van der Waals surface area contributed by atoms with Crippen molar-refractivity contribution in [2.75, 3.05) is 0 Å². The first-order valence-corrected chi connectivity index (χ1v) is 11.1. The van der Waals surface area contributed by atoms with Crippen molar-refractivity contribution >= 4 is 30.7 Å². The molecule has 0 amide bonds. The van der Waals surface area contributed by atoms with E-state index in [9.17, 15) is 26.3 Å². The average Bonchev–Trinajstić information content (AvgIpc) is 2.82. The number of hydrogen-bond donors (Lipinski definition) is 0. The van der Waals surface area contributed by atoms with E-state index < -0.39 is 31.6 Å². The number of thiophene rings is 1. The molecule has 0 N–H and O–H groups in total. The second kappa shape index (κ2) is 8.19. The quantitative estimate of drug-likeness (QED) is 0.238. The van der Waals surface area contributed by atoms with Gasteiger partial charge in [0.05, 0.1) is 10.5 Å². The van der Waals surface area contributed by atoms with E-state index in [1.807, 2.05) is 18.2 Å². The van der Waals surface area contributed by atoms with Gasteiger partial charge in [-0.3, -0.25) is 0 Å². The summed E-state index contributed by atoms with van der Waals surface area (Å²) in [6.45, 7) is 2.05. The Bertz CT molecular complexity index is 925. The van der Waals surface area contributed by atoms with Crippen LogP contribution in [0.15, 0.2) is 24.3 Å². The van der Waals surface area contributed by atoms with E-state index in [0.29, 0.717) is 9.58 Å². The van der Waals surface area contributed by atoms with Gasteiger partial charge in [-0.1, -0.05) is 25.8 Å². The maximum atomic E-state index is 13.5. The minimum Gasteiger partial charge on any atom is -0.741 e. The molecule has 0 aliphatic heterocycles. The molecule has 28 heavy (non-hydrogen) atoms. The predicted molar refractivity (Wildman–Crippen MR) is 94.1 cm³/mol. The van der Waals surface area contributed by atoms with Crippen molar-refractivity contribution in [2.45, 2.75) is 56.0 Å². The highest BCUT2D eigenvalue weighted by atomic mass is 32.2. The predicted octanol–water partition coefficient (Wildman–Crippen LogP) is 6.34. The molecule has 1 aliphatic carbocycles. The largest absolute Gasteiger partial charge is 0.741 e. The Morgan fingerprint density at radius 2 is 1.68 bits per heavy atom. The molecule has 158 valence electrons. The fourth-order valence-electron chi connectivity index (χ4n) is 2.89. The van der Waals surface area contributed by atoms with Gasteiger partial charge in [0.25, 0.3) is 0 Å². The first-order valence-electron chi connectivity index (χ1n) is 8.43. The Morgan fingerprint density at radius 1 is 1.11 bits per heavy atom. The maximum absolute atomic E-state index is 13.5. The van der Waals surface area contributed by atoms with Gasteiger partial charge in [-0.15, -0.1) is 13.2 Å². The second-order valence-electron chi connectivity index (χ2n) is 6.45. The molecule has 0 saturated heterocycles. The van der Waals surface area contributed by atoms with E-state index in [-0.39, 0.29) is 5.92 Å². The van der Waals surface area contributed by atoms with Crippen LogP contribution in [0.3, 0.4) is 0 Å². The van der Waals surface area contributed by atoms with E-state index in [1.165, 1.54) is 0 Å². The smallest absolute Gasteiger partial charge is 0.600 e. The SMILES string of the molecule is CCCc1ccc2cc(C3CCC3)[s+](C(F)(F)F)c2c1.O=S(=O)([O-])C(F)(F)F. The molecule has 1 aromatic carbocycles. The van der Waals surface area contributed by atoms with Crippen LogP contribution < -0.4 is 0 Å². The van der Waals surface area contributed by atoms with Crippen LogP contribution >= 0.6 is 10.5 Å². The van der Waals surface area contributed by atoms with Gasteiger partial charge in [0.15, 0.2) is 19.7 Å². The highest BCUT2D eigenvalue weighted by molar-refractivity contribution is 7.86. The molecule has 1 saturated carbocycles. The van der Waals surface area contributed by atoms with Gasteiger partial charge >= 0.3 is 11.0 Å². The van der Waals surface area contributed by atoms with Crippen LogP contribution in [-0.4, -0.2) is 18.5 Å². The lowest BCUT2D eigenvalue weighted by Crippen LogP contribution is -2.21. The number of fused-ring (bicyclic) bond motifs is 1. The van der Waals surface area contributed by atoms with E-state index in [1.54, 1.807) is 6.07 Å². The van der Waals surface area contributed by atoms with Gasteiger partial charge in [0, 0.05) is 23.4 Å². The number of alkyl halides is 6. The standard InChI is InChI=1S/C16H18F3S.CHF3O3S/c1-2-4-11-7-8-13-10-15(12-5-3-6-12)20(14(13)9-11)16(17,18)19;2-1(3,4)8(5,6)7/h7-10,12H,2-6H2,1H3;(H,5,6,7)/q+1;/p-1. The molecule has 1 fully saturated rings. The minimum atomic E-state index is -6.09. The molecule has 1 heterocycles. The molecular weight excluding hydrogens is 430 g/mol. The molecule has 1 aromatic heterocycles. The molecule has 1 unspecified atom stereocenters. The molecular formula is C17H18F6O3S2. The summed E-state index contributed by atoms with van der Waals surface area (Å²) in [6, 6.07) is 7.45. The van der Waals surface area contributed by atoms with Crippen LogP contribution in [0.5, 0.6) is 0 Å². The Hall–Kier alpha value is -1.33. The van der Waals surface area contributed by atoms with Crippen molar-refractivity contribution in [3.05, 3.63) is 34.7 Å². The molecule has 3 rings (SSSR count). The van der Waals surface area contributed by atoms with Gasteiger partial charge in [-0.05, 0) is 30.9 Å². The van der Waals surface area contributed by atoms with E-state index in [2.05, 4.69) is 6.92 Å². The number of rotatable bonds is 3. The summed E-state index contributed by atoms with van der Waals surface area (Å²) in [5.41, 5.74) is -8.76. The van der Waals surface area contributed by atoms with Crippen LogP contribution in [0.25, 0.3) is 10.1 Å². The Kier molecular flexibility index (Phi) is 6.72. The lowest BCUT2D eigenvalue weighted by atomic mass is 9.84. The first kappa shape index (κ1) is 23.0. The van der Waals surface area contributed by atoms with Crippen molar-refractivity contribution < 1.29 is 39.3 Å². The molecule has 3 nitrogen and oxygen atoms in total. The summed E-state index contributed by atoms with van der Waals surface area (Å²) in [5.74, 6) is 0.155. The monoisotopic (exact) mass is 448 g/mol. The lowest BCUT2D eigenvalue weighted by Gasteiger charge is -2.21. The number of hydrogen-bond acceptors (Lipinski definition) is 3. The Balaban J connectivity index is 0.000000300. The number of benzene rings is 1. The fourth-order valence-corrected chi connectivity index (χ4v) is 5.11. The van der Waals surface area contributed by atoms with Crippen LogP contribution in [0.1, 0.15) is 49.0 Å². The zero-order valence-electron chi connectivity index (χ0n) is 14.7. The van der Waals surface area contributed by atoms with E-state index >= 15 is 0 Å².